The molecule has 1 aromatic heterocycles. The van der Waals surface area contributed by atoms with Crippen LogP contribution < -0.4 is 5.32 Å². The Labute approximate surface area is 202 Å². The normalized spacial score (nSPS) is 18.1. The van der Waals surface area contributed by atoms with E-state index in [2.05, 4.69) is 34.0 Å². The van der Waals surface area contributed by atoms with Crippen LogP contribution in [0.15, 0.2) is 30.3 Å². The van der Waals surface area contributed by atoms with E-state index in [9.17, 15) is 14.7 Å². The Hall–Kier alpha value is -2.67. The van der Waals surface area contributed by atoms with Gasteiger partial charge in [-0.05, 0) is 63.2 Å². The Bertz CT molecular complexity index is 974. The lowest BCUT2D eigenvalue weighted by atomic mass is 10.0. The van der Waals surface area contributed by atoms with E-state index in [0.717, 1.165) is 50.2 Å². The van der Waals surface area contributed by atoms with Crippen LogP contribution in [-0.2, 0) is 11.2 Å². The van der Waals surface area contributed by atoms with Gasteiger partial charge in [-0.1, -0.05) is 50.5 Å². The second kappa shape index (κ2) is 11.6. The maximum Gasteiger partial charge on any atom is 0.305 e. The van der Waals surface area contributed by atoms with Crippen molar-refractivity contribution in [1.29, 1.82) is 0 Å². The summed E-state index contributed by atoms with van der Waals surface area (Å²) in [7, 11) is 0. The Morgan fingerprint density at radius 1 is 1.12 bits per heavy atom. The highest BCUT2D eigenvalue weighted by Crippen LogP contribution is 2.35. The molecular weight excluding hydrogens is 428 g/mol. The van der Waals surface area contributed by atoms with Gasteiger partial charge in [-0.3, -0.25) is 14.3 Å². The highest BCUT2D eigenvalue weighted by atomic mass is 16.4. The van der Waals surface area contributed by atoms with E-state index in [1.54, 1.807) is 0 Å². The van der Waals surface area contributed by atoms with Crippen LogP contribution in [-0.4, -0.2) is 57.3 Å². The zero-order valence-corrected chi connectivity index (χ0v) is 20.3. The van der Waals surface area contributed by atoms with E-state index in [-0.39, 0.29) is 12.3 Å². The fraction of sp³-hybridized carbons (Fsp3) is 0.593. The number of amides is 1. The van der Waals surface area contributed by atoms with Gasteiger partial charge in [0.15, 0.2) is 5.69 Å². The number of aryl methyl sites for hydroxylation is 1. The molecular formula is C27H38N4O3. The first-order valence-corrected chi connectivity index (χ1v) is 13.0. The second-order valence-electron chi connectivity index (χ2n) is 9.77. The average Bonchev–Trinajstić information content (AvgIpc) is 3.53. The molecule has 1 atom stereocenters. The largest absolute Gasteiger partial charge is 0.481 e. The van der Waals surface area contributed by atoms with Crippen LogP contribution >= 0.6 is 0 Å². The van der Waals surface area contributed by atoms with Gasteiger partial charge in [-0.15, -0.1) is 0 Å². The number of carbonyl (C=O) groups is 2. The van der Waals surface area contributed by atoms with Crippen LogP contribution in [0.25, 0.3) is 11.3 Å². The molecule has 2 fully saturated rings. The molecule has 0 unspecified atom stereocenters. The number of aliphatic carboxylic acids is 1. The van der Waals surface area contributed by atoms with Gasteiger partial charge in [0, 0.05) is 18.2 Å². The summed E-state index contributed by atoms with van der Waals surface area (Å²) in [5, 5.41) is 17.2. The summed E-state index contributed by atoms with van der Waals surface area (Å²) >= 11 is 0. The van der Waals surface area contributed by atoms with E-state index < -0.39 is 12.0 Å². The van der Waals surface area contributed by atoms with Gasteiger partial charge in [0.25, 0.3) is 5.91 Å². The second-order valence-corrected chi connectivity index (χ2v) is 9.77. The Morgan fingerprint density at radius 3 is 2.56 bits per heavy atom. The third-order valence-electron chi connectivity index (χ3n) is 7.31. The van der Waals surface area contributed by atoms with Crippen molar-refractivity contribution >= 4 is 11.9 Å². The summed E-state index contributed by atoms with van der Waals surface area (Å²) in [6.45, 7) is 5.06. The molecule has 4 rings (SSSR count). The summed E-state index contributed by atoms with van der Waals surface area (Å²) in [5.41, 5.74) is 3.72. The van der Waals surface area contributed by atoms with Crippen molar-refractivity contribution in [1.82, 2.24) is 20.0 Å². The number of rotatable bonds is 10. The first kappa shape index (κ1) is 24.5. The molecule has 2 heterocycles. The molecule has 1 amide bonds. The van der Waals surface area contributed by atoms with E-state index in [1.807, 2.05) is 18.2 Å². The van der Waals surface area contributed by atoms with Crippen LogP contribution in [0.2, 0.25) is 0 Å². The van der Waals surface area contributed by atoms with Crippen molar-refractivity contribution in [2.24, 2.45) is 0 Å². The molecule has 1 aliphatic heterocycles. The van der Waals surface area contributed by atoms with E-state index in [1.165, 1.54) is 37.7 Å². The maximum atomic E-state index is 13.3. The van der Waals surface area contributed by atoms with Crippen LogP contribution in [0.4, 0.5) is 0 Å². The zero-order valence-electron chi connectivity index (χ0n) is 20.3. The fourth-order valence-corrected chi connectivity index (χ4v) is 5.43. The lowest BCUT2D eigenvalue weighted by Crippen LogP contribution is -2.40. The lowest BCUT2D eigenvalue weighted by Gasteiger charge is -2.28. The number of hydrogen-bond acceptors (Lipinski definition) is 4. The lowest BCUT2D eigenvalue weighted by molar-refractivity contribution is -0.137. The molecule has 0 bridgehead atoms. The van der Waals surface area contributed by atoms with E-state index in [4.69, 9.17) is 5.10 Å². The van der Waals surface area contributed by atoms with Gasteiger partial charge < -0.3 is 15.3 Å². The molecule has 7 heteroatoms. The monoisotopic (exact) mass is 466 g/mol. The minimum atomic E-state index is -0.891. The third kappa shape index (κ3) is 6.06. The van der Waals surface area contributed by atoms with Crippen molar-refractivity contribution in [3.05, 3.63) is 41.6 Å². The zero-order chi connectivity index (χ0) is 23.9. The number of benzene rings is 1. The maximum absolute atomic E-state index is 13.3. The topological polar surface area (TPSA) is 87.5 Å². The van der Waals surface area contributed by atoms with Crippen LogP contribution in [0, 0.1) is 0 Å². The van der Waals surface area contributed by atoms with Crippen molar-refractivity contribution < 1.29 is 14.7 Å². The number of carbonyl (C=O) groups excluding carboxylic acids is 1. The summed E-state index contributed by atoms with van der Waals surface area (Å²) in [6.07, 6.45) is 9.61. The van der Waals surface area contributed by atoms with Crippen molar-refractivity contribution in [3.8, 4) is 11.3 Å². The molecule has 1 aliphatic carbocycles. The van der Waals surface area contributed by atoms with Gasteiger partial charge in [0.2, 0.25) is 0 Å². The molecule has 2 aliphatic rings. The molecule has 1 saturated heterocycles. The molecule has 2 aromatic rings. The Balaban J connectivity index is 1.54. The van der Waals surface area contributed by atoms with Crippen LogP contribution in [0.3, 0.4) is 0 Å². The quantitative estimate of drug-likeness (QED) is 0.531. The van der Waals surface area contributed by atoms with Crippen molar-refractivity contribution in [2.75, 3.05) is 19.6 Å². The molecule has 184 valence electrons. The Morgan fingerprint density at radius 2 is 1.85 bits per heavy atom. The summed E-state index contributed by atoms with van der Waals surface area (Å²) in [5.74, 6) is -1.17. The first-order valence-electron chi connectivity index (χ1n) is 13.0. The molecule has 1 saturated carbocycles. The van der Waals surface area contributed by atoms with Gasteiger partial charge in [0.05, 0.1) is 18.2 Å². The molecule has 7 nitrogen and oxygen atoms in total. The minimum absolute atomic E-state index is 0.0750. The van der Waals surface area contributed by atoms with Gasteiger partial charge in [-0.2, -0.15) is 5.10 Å². The summed E-state index contributed by atoms with van der Waals surface area (Å²) in [4.78, 5) is 27.1. The highest BCUT2D eigenvalue weighted by Gasteiger charge is 2.26. The number of nitrogens with one attached hydrogen (secondary N) is 1. The number of aromatic nitrogens is 2. The number of nitrogens with zero attached hydrogens (tertiary/aromatic N) is 3. The SMILES string of the molecule is CCc1ccccc1-c1cc(C(=O)N[C@@H](CCN2CCCCC2)CC(=O)O)nn1C1CCCC1. The van der Waals surface area contributed by atoms with Crippen LogP contribution in [0.5, 0.6) is 0 Å². The predicted molar refractivity (Wildman–Crippen MR) is 133 cm³/mol. The van der Waals surface area contributed by atoms with Gasteiger partial charge >= 0.3 is 5.97 Å². The van der Waals surface area contributed by atoms with Gasteiger partial charge in [-0.25, -0.2) is 0 Å². The number of likely N-dealkylation sites (tertiary alicyclic amines) is 1. The molecule has 34 heavy (non-hydrogen) atoms. The average molecular weight is 467 g/mol. The smallest absolute Gasteiger partial charge is 0.305 e. The number of hydrogen-bond donors (Lipinski definition) is 2. The standard InChI is InChI=1S/C27H38N4O3/c1-2-20-10-4-7-13-23(20)25-19-24(29-31(25)22-11-5-6-12-22)27(34)28-21(18-26(32)33)14-17-30-15-8-3-9-16-30/h4,7,10,13,19,21-22H,2-3,5-6,8-9,11-12,14-18H2,1H3,(H,28,34)(H,32,33)/t21-/m0/s1. The summed E-state index contributed by atoms with van der Waals surface area (Å²) in [6, 6.07) is 10.1. The van der Waals surface area contributed by atoms with Gasteiger partial charge in [0.1, 0.15) is 0 Å². The third-order valence-corrected chi connectivity index (χ3v) is 7.31. The number of piperidine rings is 1. The Kier molecular flexibility index (Phi) is 8.38. The molecule has 2 N–H and O–H groups in total. The van der Waals surface area contributed by atoms with E-state index >= 15 is 0 Å². The highest BCUT2D eigenvalue weighted by molar-refractivity contribution is 5.94. The van der Waals surface area contributed by atoms with Crippen LogP contribution in [0.1, 0.15) is 86.8 Å². The predicted octanol–water partition coefficient (Wildman–Crippen LogP) is 4.68. The minimum Gasteiger partial charge on any atom is -0.481 e. The summed E-state index contributed by atoms with van der Waals surface area (Å²) < 4.78 is 2.05. The van der Waals surface area contributed by atoms with Crippen molar-refractivity contribution in [2.45, 2.75) is 83.2 Å². The van der Waals surface area contributed by atoms with E-state index in [0.29, 0.717) is 18.2 Å². The fourth-order valence-electron chi connectivity index (χ4n) is 5.43. The molecule has 0 spiro atoms. The number of carboxylic acids is 1. The van der Waals surface area contributed by atoms with Crippen molar-refractivity contribution in [3.63, 3.8) is 0 Å². The molecule has 1 aromatic carbocycles. The first-order chi connectivity index (χ1) is 16.5. The molecule has 0 radical (unpaired) electrons. The number of carboxylic acid groups (broad SMARTS) is 1.